The van der Waals surface area contributed by atoms with Gasteiger partial charge in [0.1, 0.15) is 23.7 Å². The molecule has 0 aliphatic heterocycles. The molecule has 0 saturated carbocycles. The molecule has 2 aromatic carbocycles. The lowest BCUT2D eigenvalue weighted by Crippen LogP contribution is -2.04. The average molecular weight is 540 g/mol. The van der Waals surface area contributed by atoms with E-state index in [1.54, 1.807) is 36.4 Å². The number of hydrogen-bond donors (Lipinski definition) is 2. The van der Waals surface area contributed by atoms with Gasteiger partial charge in [-0.3, -0.25) is 0 Å². The first-order valence-electron chi connectivity index (χ1n) is 11.5. The molecule has 0 amide bonds. The number of carboxylic acids is 1. The van der Waals surface area contributed by atoms with Gasteiger partial charge in [0.05, 0.1) is 23.3 Å². The number of methoxy groups -OCH3 is 1. The van der Waals surface area contributed by atoms with Gasteiger partial charge in [0, 0.05) is 22.4 Å². The lowest BCUT2D eigenvalue weighted by Gasteiger charge is -2.13. The van der Waals surface area contributed by atoms with Gasteiger partial charge in [-0.15, -0.1) is 0 Å². The van der Waals surface area contributed by atoms with Crippen molar-refractivity contribution in [3.63, 3.8) is 0 Å². The second-order valence-corrected chi connectivity index (χ2v) is 9.78. The third-order valence-electron chi connectivity index (χ3n) is 5.57. The Morgan fingerprint density at radius 3 is 2.57 bits per heavy atom. The van der Waals surface area contributed by atoms with Crippen LogP contribution in [0, 0.1) is 6.92 Å². The number of hydrogen-bond acceptors (Lipinski definition) is 8. The van der Waals surface area contributed by atoms with Crippen molar-refractivity contribution in [2.24, 2.45) is 0 Å². The maximum absolute atomic E-state index is 11.0. The number of pyridine rings is 1. The van der Waals surface area contributed by atoms with Crippen molar-refractivity contribution in [2.45, 2.75) is 38.2 Å². The quantitative estimate of drug-likeness (QED) is 0.202. The molecule has 4 aromatic rings. The molecule has 0 radical (unpaired) electrons. The fraction of sp³-hybridized carbons (Fsp3) is 0.222. The highest BCUT2D eigenvalue weighted by Crippen LogP contribution is 2.37. The molecule has 4 rings (SSSR count). The van der Waals surface area contributed by atoms with E-state index in [1.807, 2.05) is 39.0 Å². The first-order valence-corrected chi connectivity index (χ1v) is 12.7. The van der Waals surface area contributed by atoms with E-state index in [4.69, 9.17) is 30.7 Å². The number of benzene rings is 2. The summed E-state index contributed by atoms with van der Waals surface area (Å²) in [7, 11) is 1.53. The Labute approximate surface area is 224 Å². The Morgan fingerprint density at radius 1 is 1.16 bits per heavy atom. The van der Waals surface area contributed by atoms with Crippen LogP contribution >= 0.6 is 23.5 Å². The van der Waals surface area contributed by atoms with Gasteiger partial charge in [-0.05, 0) is 60.8 Å². The lowest BCUT2D eigenvalue weighted by atomic mass is 9.98. The summed E-state index contributed by atoms with van der Waals surface area (Å²) in [6, 6.07) is 15.8. The second kappa shape index (κ2) is 11.6. The lowest BCUT2D eigenvalue weighted by molar-refractivity contribution is 0.0697. The topological polar surface area (TPSA) is 107 Å². The first kappa shape index (κ1) is 26.4. The van der Waals surface area contributed by atoms with Crippen LogP contribution in [0.4, 0.5) is 5.69 Å². The normalized spacial score (nSPS) is 11.0. The Hall–Kier alpha value is -3.69. The van der Waals surface area contributed by atoms with Crippen molar-refractivity contribution >= 4 is 35.2 Å². The van der Waals surface area contributed by atoms with Crippen molar-refractivity contribution in [3.05, 3.63) is 82.1 Å². The van der Waals surface area contributed by atoms with Crippen LogP contribution in [0.15, 0.2) is 64.0 Å². The van der Waals surface area contributed by atoms with Crippen molar-refractivity contribution in [1.29, 1.82) is 0 Å². The van der Waals surface area contributed by atoms with Crippen molar-refractivity contribution in [3.8, 4) is 23.0 Å². The Balaban J connectivity index is 1.52. The molecule has 0 aliphatic rings. The minimum atomic E-state index is -0.966. The summed E-state index contributed by atoms with van der Waals surface area (Å²) in [4.78, 5) is 16.3. The van der Waals surface area contributed by atoms with Crippen LogP contribution in [0.5, 0.6) is 11.8 Å². The zero-order valence-corrected chi connectivity index (χ0v) is 22.3. The number of aryl methyl sites for hydroxylation is 1. The van der Waals surface area contributed by atoms with Gasteiger partial charge in [0.25, 0.3) is 0 Å². The van der Waals surface area contributed by atoms with E-state index >= 15 is 0 Å². The van der Waals surface area contributed by atoms with E-state index in [2.05, 4.69) is 14.9 Å². The van der Waals surface area contributed by atoms with E-state index in [9.17, 15) is 4.79 Å². The number of halogens is 1. The summed E-state index contributed by atoms with van der Waals surface area (Å²) < 4.78 is 20.4. The van der Waals surface area contributed by atoms with Gasteiger partial charge >= 0.3 is 5.97 Å². The van der Waals surface area contributed by atoms with Gasteiger partial charge < -0.3 is 23.8 Å². The maximum atomic E-state index is 11.0. The molecular weight excluding hydrogens is 514 g/mol. The second-order valence-electron chi connectivity index (χ2n) is 8.49. The SMILES string of the molecule is COc1nc(OCc2c(-c3c(C)cccc3Cl)noc2C(C)C)ccc1NSc1ccc(C(=O)O)cc1. The fourth-order valence-electron chi connectivity index (χ4n) is 3.71. The van der Waals surface area contributed by atoms with E-state index in [0.29, 0.717) is 28.2 Å². The molecule has 0 unspecified atom stereocenters. The van der Waals surface area contributed by atoms with Gasteiger partial charge in [-0.25, -0.2) is 4.79 Å². The van der Waals surface area contributed by atoms with Crippen LogP contribution in [-0.2, 0) is 6.61 Å². The number of carboxylic acid groups (broad SMARTS) is 1. The Bertz CT molecular complexity index is 1390. The minimum Gasteiger partial charge on any atom is -0.479 e. The average Bonchev–Trinajstić information content (AvgIpc) is 3.30. The molecule has 0 atom stereocenters. The zero-order chi connectivity index (χ0) is 26.5. The molecule has 2 N–H and O–H groups in total. The van der Waals surface area contributed by atoms with Gasteiger partial charge in [-0.1, -0.05) is 42.7 Å². The highest BCUT2D eigenvalue weighted by molar-refractivity contribution is 8.00. The first-order chi connectivity index (χ1) is 17.8. The molecule has 2 aromatic heterocycles. The monoisotopic (exact) mass is 539 g/mol. The molecule has 2 heterocycles. The number of nitrogens with one attached hydrogen (secondary N) is 1. The van der Waals surface area contributed by atoms with Crippen LogP contribution in [0.3, 0.4) is 0 Å². The maximum Gasteiger partial charge on any atom is 0.335 e. The number of carbonyl (C=O) groups is 1. The standard InChI is InChI=1S/C27H26ClN3O5S/c1-15(2)25-19(24(30-36-25)23-16(3)6-5-7-20(23)28)14-35-22-13-12-21(26(29-22)34-4)31-37-18-10-8-17(9-11-18)27(32)33/h5-13,15,31H,14H2,1-4H3,(H,32,33). The number of aromatic carboxylic acids is 1. The molecular formula is C27H26ClN3O5S. The third-order valence-corrected chi connectivity index (χ3v) is 6.72. The summed E-state index contributed by atoms with van der Waals surface area (Å²) >= 11 is 7.82. The number of ether oxygens (including phenoxy) is 2. The predicted molar refractivity (Wildman–Crippen MR) is 144 cm³/mol. The number of aromatic nitrogens is 2. The Morgan fingerprint density at radius 2 is 1.92 bits per heavy atom. The van der Waals surface area contributed by atoms with Gasteiger partial charge in [-0.2, -0.15) is 4.98 Å². The van der Waals surface area contributed by atoms with Crippen LogP contribution in [0.2, 0.25) is 5.02 Å². The van der Waals surface area contributed by atoms with Crippen molar-refractivity contribution in [1.82, 2.24) is 10.1 Å². The summed E-state index contributed by atoms with van der Waals surface area (Å²) in [6.45, 7) is 6.22. The smallest absolute Gasteiger partial charge is 0.335 e. The minimum absolute atomic E-state index is 0.0957. The molecule has 192 valence electrons. The van der Waals surface area contributed by atoms with Crippen LogP contribution in [0.25, 0.3) is 11.3 Å². The third kappa shape index (κ3) is 6.00. The number of nitrogens with zero attached hydrogens (tertiary/aromatic N) is 2. The van der Waals surface area contributed by atoms with Crippen LogP contribution in [-0.4, -0.2) is 28.3 Å². The molecule has 0 saturated heterocycles. The largest absolute Gasteiger partial charge is 0.479 e. The van der Waals surface area contributed by atoms with Crippen molar-refractivity contribution < 1.29 is 23.9 Å². The highest BCUT2D eigenvalue weighted by Gasteiger charge is 2.23. The van der Waals surface area contributed by atoms with E-state index in [-0.39, 0.29) is 18.1 Å². The molecule has 37 heavy (non-hydrogen) atoms. The number of anilines is 1. The summed E-state index contributed by atoms with van der Waals surface area (Å²) in [5.74, 6) is 0.578. The van der Waals surface area contributed by atoms with Gasteiger partial charge in [0.2, 0.25) is 11.8 Å². The van der Waals surface area contributed by atoms with Crippen molar-refractivity contribution in [2.75, 3.05) is 11.8 Å². The van der Waals surface area contributed by atoms with E-state index < -0.39 is 5.97 Å². The molecule has 0 aliphatic carbocycles. The summed E-state index contributed by atoms with van der Waals surface area (Å²) in [5, 5.41) is 14.0. The molecule has 10 heteroatoms. The number of rotatable bonds is 10. The van der Waals surface area contributed by atoms with Crippen LogP contribution < -0.4 is 14.2 Å². The van der Waals surface area contributed by atoms with Crippen LogP contribution in [0.1, 0.15) is 47.0 Å². The zero-order valence-electron chi connectivity index (χ0n) is 20.7. The fourth-order valence-corrected chi connectivity index (χ4v) is 4.67. The predicted octanol–water partition coefficient (Wildman–Crippen LogP) is 7.23. The van der Waals surface area contributed by atoms with E-state index in [1.165, 1.54) is 19.1 Å². The molecule has 8 nitrogen and oxygen atoms in total. The summed E-state index contributed by atoms with van der Waals surface area (Å²) in [6.07, 6.45) is 0. The molecule has 0 bridgehead atoms. The Kier molecular flexibility index (Phi) is 8.25. The summed E-state index contributed by atoms with van der Waals surface area (Å²) in [5.41, 5.74) is 4.14. The molecule has 0 spiro atoms. The van der Waals surface area contributed by atoms with Gasteiger partial charge in [0.15, 0.2) is 0 Å². The molecule has 0 fully saturated rings. The highest BCUT2D eigenvalue weighted by atomic mass is 35.5. The van der Waals surface area contributed by atoms with E-state index in [0.717, 1.165) is 27.3 Å².